The molecule has 1 aromatic rings. The standard InChI is InChI=1S/C6H8ClN3/c1-2-10(7)6-3-4-8-9-5-6/h3-5H,2H2,1H3. The maximum Gasteiger partial charge on any atom is 0.0742 e. The van der Waals surface area contributed by atoms with Gasteiger partial charge in [0.2, 0.25) is 0 Å². The van der Waals surface area contributed by atoms with Crippen molar-refractivity contribution in [3.63, 3.8) is 0 Å². The van der Waals surface area contributed by atoms with Gasteiger partial charge in [-0.2, -0.15) is 10.2 Å². The van der Waals surface area contributed by atoms with Crippen molar-refractivity contribution in [3.05, 3.63) is 18.5 Å². The highest BCUT2D eigenvalue weighted by molar-refractivity contribution is 6.25. The molecular weight excluding hydrogens is 150 g/mol. The lowest BCUT2D eigenvalue weighted by atomic mass is 10.5. The maximum absolute atomic E-state index is 5.76. The molecule has 0 unspecified atom stereocenters. The molecule has 10 heavy (non-hydrogen) atoms. The van der Waals surface area contributed by atoms with Crippen molar-refractivity contribution in [2.75, 3.05) is 11.0 Å². The van der Waals surface area contributed by atoms with E-state index in [1.54, 1.807) is 16.8 Å². The molecule has 0 aliphatic rings. The minimum atomic E-state index is 0.757. The molecule has 0 saturated heterocycles. The predicted molar refractivity (Wildman–Crippen MR) is 40.9 cm³/mol. The second-order valence-electron chi connectivity index (χ2n) is 1.78. The monoisotopic (exact) mass is 157 g/mol. The Bertz CT molecular complexity index is 189. The van der Waals surface area contributed by atoms with Gasteiger partial charge in [0, 0.05) is 18.3 Å². The van der Waals surface area contributed by atoms with Gasteiger partial charge in [0.15, 0.2) is 0 Å². The third kappa shape index (κ3) is 1.57. The van der Waals surface area contributed by atoms with Crippen LogP contribution >= 0.6 is 11.8 Å². The fourth-order valence-corrected chi connectivity index (χ4v) is 0.710. The molecule has 0 atom stereocenters. The largest absolute Gasteiger partial charge is 0.284 e. The van der Waals surface area contributed by atoms with Crippen LogP contribution in [-0.2, 0) is 0 Å². The molecule has 0 aliphatic carbocycles. The minimum absolute atomic E-state index is 0.757. The molecule has 1 aromatic heterocycles. The Kier molecular flexibility index (Phi) is 2.45. The summed E-state index contributed by atoms with van der Waals surface area (Å²) in [5.41, 5.74) is 0.874. The normalized spacial score (nSPS) is 9.40. The lowest BCUT2D eigenvalue weighted by Gasteiger charge is -2.10. The first-order chi connectivity index (χ1) is 4.84. The number of nitrogens with zero attached hydrogens (tertiary/aromatic N) is 3. The molecule has 54 valence electrons. The van der Waals surface area contributed by atoms with E-state index in [0.717, 1.165) is 12.2 Å². The summed E-state index contributed by atoms with van der Waals surface area (Å²) in [5.74, 6) is 0. The van der Waals surface area contributed by atoms with Crippen molar-refractivity contribution >= 4 is 17.5 Å². The van der Waals surface area contributed by atoms with Gasteiger partial charge in [-0.25, -0.2) is 0 Å². The van der Waals surface area contributed by atoms with Gasteiger partial charge < -0.3 is 0 Å². The van der Waals surface area contributed by atoms with E-state index < -0.39 is 0 Å². The number of anilines is 1. The molecule has 1 heterocycles. The highest BCUT2D eigenvalue weighted by Crippen LogP contribution is 2.11. The van der Waals surface area contributed by atoms with Crippen LogP contribution in [0.2, 0.25) is 0 Å². The van der Waals surface area contributed by atoms with Crippen molar-refractivity contribution in [1.29, 1.82) is 0 Å². The molecule has 0 N–H and O–H groups in total. The van der Waals surface area contributed by atoms with E-state index in [9.17, 15) is 0 Å². The molecule has 0 radical (unpaired) electrons. The average Bonchev–Trinajstić information content (AvgIpc) is 2.05. The Morgan fingerprint density at radius 3 is 2.90 bits per heavy atom. The molecule has 0 spiro atoms. The predicted octanol–water partition coefficient (Wildman–Crippen LogP) is 1.46. The van der Waals surface area contributed by atoms with Gasteiger partial charge in [-0.1, -0.05) is 0 Å². The van der Waals surface area contributed by atoms with Gasteiger partial charge >= 0.3 is 0 Å². The van der Waals surface area contributed by atoms with Gasteiger partial charge in [0.05, 0.1) is 18.1 Å². The van der Waals surface area contributed by atoms with Crippen molar-refractivity contribution < 1.29 is 0 Å². The van der Waals surface area contributed by atoms with Crippen molar-refractivity contribution in [1.82, 2.24) is 10.2 Å². The van der Waals surface area contributed by atoms with E-state index in [4.69, 9.17) is 11.8 Å². The highest BCUT2D eigenvalue weighted by Gasteiger charge is 1.97. The third-order valence-corrected chi connectivity index (χ3v) is 1.56. The molecule has 0 bridgehead atoms. The van der Waals surface area contributed by atoms with Crippen LogP contribution in [0.1, 0.15) is 6.92 Å². The zero-order chi connectivity index (χ0) is 7.40. The molecular formula is C6H8ClN3. The van der Waals surface area contributed by atoms with Gasteiger partial charge in [-0.3, -0.25) is 4.42 Å². The molecule has 0 fully saturated rings. The van der Waals surface area contributed by atoms with Crippen LogP contribution in [0, 0.1) is 0 Å². The summed E-state index contributed by atoms with van der Waals surface area (Å²) in [7, 11) is 0. The second kappa shape index (κ2) is 3.37. The lowest BCUT2D eigenvalue weighted by Crippen LogP contribution is -2.08. The summed E-state index contributed by atoms with van der Waals surface area (Å²) in [6.07, 6.45) is 3.23. The lowest BCUT2D eigenvalue weighted by molar-refractivity contribution is 1.00. The number of rotatable bonds is 2. The van der Waals surface area contributed by atoms with Gasteiger partial charge in [0.25, 0.3) is 0 Å². The summed E-state index contributed by atoms with van der Waals surface area (Å²) < 4.78 is 1.58. The fourth-order valence-electron chi connectivity index (χ4n) is 0.610. The molecule has 0 amide bonds. The summed E-state index contributed by atoms with van der Waals surface area (Å²) in [6, 6.07) is 1.81. The number of halogens is 1. The Balaban J connectivity index is 2.75. The number of aromatic nitrogens is 2. The Morgan fingerprint density at radius 2 is 2.40 bits per heavy atom. The van der Waals surface area contributed by atoms with E-state index in [-0.39, 0.29) is 0 Å². The van der Waals surface area contributed by atoms with Crippen LogP contribution in [0.15, 0.2) is 18.5 Å². The first-order valence-corrected chi connectivity index (χ1v) is 3.38. The summed E-state index contributed by atoms with van der Waals surface area (Å²) in [6.45, 7) is 2.72. The highest BCUT2D eigenvalue weighted by atomic mass is 35.5. The fraction of sp³-hybridized carbons (Fsp3) is 0.333. The van der Waals surface area contributed by atoms with E-state index in [1.165, 1.54) is 0 Å². The Hall–Kier alpha value is -0.830. The molecule has 1 rings (SSSR count). The SMILES string of the molecule is CCN(Cl)c1ccnnc1. The number of hydrogen-bond acceptors (Lipinski definition) is 3. The van der Waals surface area contributed by atoms with Gasteiger partial charge in [-0.15, -0.1) is 0 Å². The topological polar surface area (TPSA) is 29.0 Å². The molecule has 4 heteroatoms. The van der Waals surface area contributed by atoms with Gasteiger partial charge in [-0.05, 0) is 13.0 Å². The van der Waals surface area contributed by atoms with Crippen LogP contribution in [-0.4, -0.2) is 16.7 Å². The third-order valence-electron chi connectivity index (χ3n) is 1.13. The van der Waals surface area contributed by atoms with E-state index >= 15 is 0 Å². The van der Waals surface area contributed by atoms with Crippen LogP contribution in [0.4, 0.5) is 5.69 Å². The number of hydrogen-bond donors (Lipinski definition) is 0. The van der Waals surface area contributed by atoms with Crippen molar-refractivity contribution in [2.45, 2.75) is 6.92 Å². The maximum atomic E-state index is 5.76. The first kappa shape index (κ1) is 7.28. The van der Waals surface area contributed by atoms with Crippen molar-refractivity contribution in [2.24, 2.45) is 0 Å². The quantitative estimate of drug-likeness (QED) is 0.609. The van der Waals surface area contributed by atoms with Crippen LogP contribution in [0.5, 0.6) is 0 Å². The summed E-state index contributed by atoms with van der Waals surface area (Å²) in [4.78, 5) is 0. The molecule has 0 saturated carbocycles. The summed E-state index contributed by atoms with van der Waals surface area (Å²) in [5, 5.41) is 7.30. The minimum Gasteiger partial charge on any atom is -0.284 e. The Morgan fingerprint density at radius 1 is 1.60 bits per heavy atom. The van der Waals surface area contributed by atoms with E-state index in [2.05, 4.69) is 10.2 Å². The zero-order valence-corrected chi connectivity index (χ0v) is 6.41. The van der Waals surface area contributed by atoms with Crippen molar-refractivity contribution in [3.8, 4) is 0 Å². The van der Waals surface area contributed by atoms with Crippen LogP contribution < -0.4 is 4.42 Å². The summed E-state index contributed by atoms with van der Waals surface area (Å²) >= 11 is 5.76. The molecule has 3 nitrogen and oxygen atoms in total. The Labute approximate surface area is 64.7 Å². The zero-order valence-electron chi connectivity index (χ0n) is 5.66. The smallest absolute Gasteiger partial charge is 0.0742 e. The van der Waals surface area contributed by atoms with Gasteiger partial charge in [0.1, 0.15) is 0 Å². The van der Waals surface area contributed by atoms with E-state index in [0.29, 0.717) is 0 Å². The molecule has 0 aromatic carbocycles. The molecule has 0 aliphatic heterocycles. The second-order valence-corrected chi connectivity index (χ2v) is 2.19. The van der Waals surface area contributed by atoms with E-state index in [1.807, 2.05) is 13.0 Å². The average molecular weight is 158 g/mol. The van der Waals surface area contributed by atoms with Crippen LogP contribution in [0.25, 0.3) is 0 Å². The van der Waals surface area contributed by atoms with Crippen LogP contribution in [0.3, 0.4) is 0 Å². The first-order valence-electron chi connectivity index (χ1n) is 3.04.